The summed E-state index contributed by atoms with van der Waals surface area (Å²) >= 11 is 8.38. The van der Waals surface area contributed by atoms with Gasteiger partial charge in [-0.2, -0.15) is 0 Å². The van der Waals surface area contributed by atoms with E-state index >= 15 is 0 Å². The van der Waals surface area contributed by atoms with Crippen molar-refractivity contribution in [3.8, 4) is 11.1 Å². The van der Waals surface area contributed by atoms with Gasteiger partial charge in [0.1, 0.15) is 16.3 Å². The third-order valence-corrected chi connectivity index (χ3v) is 7.00. The number of hydrogen-bond donors (Lipinski definition) is 1. The zero-order valence-electron chi connectivity index (χ0n) is 18.6. The number of thiophene rings is 1. The normalized spacial score (nSPS) is 11.2. The number of amides is 1. The number of thiazole rings is 1. The molecule has 11 heteroatoms. The number of ether oxygens (including phenoxy) is 1. The molecule has 34 heavy (non-hydrogen) atoms. The van der Waals surface area contributed by atoms with Crippen molar-refractivity contribution in [1.82, 2.24) is 14.5 Å². The van der Waals surface area contributed by atoms with E-state index in [2.05, 4.69) is 15.3 Å². The van der Waals surface area contributed by atoms with Crippen LogP contribution in [0.2, 0.25) is 5.02 Å². The molecule has 4 aromatic rings. The average molecular weight is 517 g/mol. The minimum atomic E-state index is -0.470. The van der Waals surface area contributed by atoms with Crippen LogP contribution in [0.15, 0.2) is 40.8 Å². The number of fused-ring (bicyclic) bond motifs is 1. The predicted octanol–water partition coefficient (Wildman–Crippen LogP) is 4.99. The van der Waals surface area contributed by atoms with Crippen LogP contribution in [0.3, 0.4) is 0 Å². The molecule has 1 N–H and O–H groups in total. The Balaban J connectivity index is 1.53. The van der Waals surface area contributed by atoms with Gasteiger partial charge < -0.3 is 10.1 Å². The van der Waals surface area contributed by atoms with Crippen LogP contribution in [-0.2, 0) is 16.1 Å². The highest BCUT2D eigenvalue weighted by atomic mass is 35.5. The molecule has 0 aliphatic carbocycles. The van der Waals surface area contributed by atoms with Gasteiger partial charge in [0, 0.05) is 16.0 Å². The van der Waals surface area contributed by atoms with E-state index in [4.69, 9.17) is 16.3 Å². The summed E-state index contributed by atoms with van der Waals surface area (Å²) in [6.07, 6.45) is 1.36. The molecule has 0 bridgehead atoms. The molecule has 0 radical (unpaired) electrons. The van der Waals surface area contributed by atoms with Gasteiger partial charge in [0.2, 0.25) is 5.91 Å². The second-order valence-corrected chi connectivity index (χ2v) is 10.3. The van der Waals surface area contributed by atoms with Gasteiger partial charge in [0.15, 0.2) is 5.13 Å². The highest BCUT2D eigenvalue weighted by Crippen LogP contribution is 2.31. The first-order valence-corrected chi connectivity index (χ1v) is 12.5. The molecule has 8 nitrogen and oxygen atoms in total. The number of benzene rings is 1. The molecule has 3 heterocycles. The number of aryl methyl sites for hydroxylation is 1. The molecule has 4 rings (SSSR count). The van der Waals surface area contributed by atoms with Crippen molar-refractivity contribution >= 4 is 61.5 Å². The van der Waals surface area contributed by atoms with Crippen molar-refractivity contribution in [3.63, 3.8) is 0 Å². The second kappa shape index (κ2) is 10.0. The number of halogens is 1. The van der Waals surface area contributed by atoms with Crippen molar-refractivity contribution in [2.24, 2.45) is 5.92 Å². The van der Waals surface area contributed by atoms with Crippen LogP contribution in [0, 0.1) is 12.8 Å². The molecule has 1 amide bonds. The van der Waals surface area contributed by atoms with Gasteiger partial charge >= 0.3 is 5.97 Å². The maximum Gasteiger partial charge on any atom is 0.350 e. The predicted molar refractivity (Wildman–Crippen MR) is 135 cm³/mol. The van der Waals surface area contributed by atoms with Crippen LogP contribution in [0.4, 0.5) is 5.13 Å². The van der Waals surface area contributed by atoms with Gasteiger partial charge in [-0.3, -0.25) is 14.2 Å². The van der Waals surface area contributed by atoms with E-state index in [1.807, 2.05) is 31.4 Å². The van der Waals surface area contributed by atoms with Crippen LogP contribution < -0.4 is 10.9 Å². The molecule has 0 saturated carbocycles. The third-order valence-electron chi connectivity index (χ3n) is 4.81. The molecule has 0 saturated heterocycles. The van der Waals surface area contributed by atoms with E-state index < -0.39 is 11.9 Å². The summed E-state index contributed by atoms with van der Waals surface area (Å²) in [7, 11) is 0. The van der Waals surface area contributed by atoms with Crippen LogP contribution >= 0.6 is 34.3 Å². The van der Waals surface area contributed by atoms with Gasteiger partial charge in [-0.05, 0) is 30.5 Å². The third kappa shape index (κ3) is 5.19. The molecular formula is C23H21ClN4O4S2. The number of carbonyl (C=O) groups excluding carboxylic acids is 2. The minimum absolute atomic E-state index is 0.212. The van der Waals surface area contributed by atoms with E-state index in [1.165, 1.54) is 22.2 Å². The van der Waals surface area contributed by atoms with E-state index in [1.54, 1.807) is 19.1 Å². The number of nitrogens with one attached hydrogen (secondary N) is 1. The lowest BCUT2D eigenvalue weighted by Crippen LogP contribution is -2.27. The zero-order chi connectivity index (χ0) is 24.4. The zero-order valence-corrected chi connectivity index (χ0v) is 21.0. The molecule has 0 unspecified atom stereocenters. The van der Waals surface area contributed by atoms with Crippen LogP contribution in [0.5, 0.6) is 0 Å². The summed E-state index contributed by atoms with van der Waals surface area (Å²) in [5.41, 5.74) is 1.73. The Hall–Kier alpha value is -3.08. The standard InChI is InChI=1S/C23H21ClN4O4S2/c1-12(2)9-32-22(31)19-13(3)26-23(34-19)27-17(29)8-28-11-25-20-18(21(28)30)16(10-33-20)14-4-6-15(24)7-5-14/h4-7,10-12H,8-9H2,1-3H3,(H,26,27,29). The molecule has 176 valence electrons. The lowest BCUT2D eigenvalue weighted by Gasteiger charge is -2.06. The Labute approximate surface area is 208 Å². The van der Waals surface area contributed by atoms with Crippen LogP contribution in [-0.4, -0.2) is 33.0 Å². The smallest absolute Gasteiger partial charge is 0.350 e. The maximum absolute atomic E-state index is 13.2. The number of aromatic nitrogens is 3. The topological polar surface area (TPSA) is 103 Å². The highest BCUT2D eigenvalue weighted by Gasteiger charge is 2.19. The minimum Gasteiger partial charge on any atom is -0.461 e. The van der Waals surface area contributed by atoms with Crippen LogP contribution in [0.25, 0.3) is 21.3 Å². The molecule has 0 atom stereocenters. The second-order valence-electron chi connectivity index (χ2n) is 7.99. The van der Waals surface area contributed by atoms with E-state index in [0.29, 0.717) is 32.4 Å². The summed E-state index contributed by atoms with van der Waals surface area (Å²) in [5, 5.41) is 5.83. The molecule has 0 aliphatic rings. The Bertz CT molecular complexity index is 1420. The molecule has 1 aromatic carbocycles. The largest absolute Gasteiger partial charge is 0.461 e. The summed E-state index contributed by atoms with van der Waals surface area (Å²) in [4.78, 5) is 47.6. The SMILES string of the molecule is Cc1nc(NC(=O)Cn2cnc3scc(-c4ccc(Cl)cc4)c3c2=O)sc1C(=O)OCC(C)C. The van der Waals surface area contributed by atoms with E-state index in [0.717, 1.165) is 22.5 Å². The summed E-state index contributed by atoms with van der Waals surface area (Å²) < 4.78 is 6.50. The first-order valence-electron chi connectivity index (χ1n) is 10.4. The molecule has 0 spiro atoms. The molecule has 0 aliphatic heterocycles. The Kier molecular flexibility index (Phi) is 7.11. The Morgan fingerprint density at radius 1 is 1.24 bits per heavy atom. The van der Waals surface area contributed by atoms with Crippen molar-refractivity contribution in [1.29, 1.82) is 0 Å². The van der Waals surface area contributed by atoms with E-state index in [-0.39, 0.29) is 23.2 Å². The fraction of sp³-hybridized carbons (Fsp3) is 0.261. The van der Waals surface area contributed by atoms with Gasteiger partial charge in [0.25, 0.3) is 5.56 Å². The van der Waals surface area contributed by atoms with E-state index in [9.17, 15) is 14.4 Å². The number of hydrogen-bond acceptors (Lipinski definition) is 8. The average Bonchev–Trinajstić information content (AvgIpc) is 3.38. The van der Waals surface area contributed by atoms with Crippen molar-refractivity contribution in [3.05, 3.63) is 61.9 Å². The summed E-state index contributed by atoms with van der Waals surface area (Å²) in [6.45, 7) is 5.62. The fourth-order valence-electron chi connectivity index (χ4n) is 3.18. The quantitative estimate of drug-likeness (QED) is 0.347. The number of esters is 1. The van der Waals surface area contributed by atoms with Crippen LogP contribution in [0.1, 0.15) is 29.2 Å². The number of nitrogens with zero attached hydrogens (tertiary/aromatic N) is 3. The fourth-order valence-corrected chi connectivity index (χ4v) is 5.09. The summed E-state index contributed by atoms with van der Waals surface area (Å²) in [6, 6.07) is 7.18. The van der Waals surface area contributed by atoms with Gasteiger partial charge in [-0.1, -0.05) is 48.9 Å². The molecule has 0 fully saturated rings. The number of carbonyl (C=O) groups is 2. The lowest BCUT2D eigenvalue weighted by molar-refractivity contribution is -0.116. The Morgan fingerprint density at radius 3 is 2.68 bits per heavy atom. The monoisotopic (exact) mass is 516 g/mol. The maximum atomic E-state index is 13.2. The van der Waals surface area contributed by atoms with Gasteiger partial charge in [-0.15, -0.1) is 11.3 Å². The highest BCUT2D eigenvalue weighted by molar-refractivity contribution is 7.17. The molecule has 3 aromatic heterocycles. The van der Waals surface area contributed by atoms with Gasteiger partial charge in [0.05, 0.1) is 24.0 Å². The van der Waals surface area contributed by atoms with Crippen molar-refractivity contribution in [2.75, 3.05) is 11.9 Å². The van der Waals surface area contributed by atoms with Crippen molar-refractivity contribution in [2.45, 2.75) is 27.3 Å². The first-order chi connectivity index (χ1) is 16.2. The lowest BCUT2D eigenvalue weighted by atomic mass is 10.1. The van der Waals surface area contributed by atoms with Crippen molar-refractivity contribution < 1.29 is 14.3 Å². The van der Waals surface area contributed by atoms with Gasteiger partial charge in [-0.25, -0.2) is 14.8 Å². The first kappa shape index (κ1) is 24.1. The molecular weight excluding hydrogens is 496 g/mol. The summed E-state index contributed by atoms with van der Waals surface area (Å²) in [5.74, 6) is -0.714. The Morgan fingerprint density at radius 2 is 1.97 bits per heavy atom. The number of rotatable bonds is 7. The number of anilines is 1.